The molecule has 1 aliphatic heterocycles. The van der Waals surface area contributed by atoms with Crippen molar-refractivity contribution in [3.8, 4) is 11.5 Å². The Morgan fingerprint density at radius 3 is 2.50 bits per heavy atom. The van der Waals surface area contributed by atoms with Gasteiger partial charge in [0.2, 0.25) is 0 Å². The van der Waals surface area contributed by atoms with E-state index in [2.05, 4.69) is 0 Å². The average Bonchev–Trinajstić information content (AvgIpc) is 2.91. The van der Waals surface area contributed by atoms with Crippen LogP contribution in [0.4, 0.5) is 4.39 Å². The maximum atomic E-state index is 14.0. The standard InChI is InChI=1S/C21H23FO4/c1-20(2)11-16-13(5-10-17(22)18(16)26-20)12-25-15-8-6-14(7-9-15)21(3,4)19(23)24/h5-10H,11-12H2,1-4H3,(H,23,24). The van der Waals surface area contributed by atoms with Gasteiger partial charge in [0.05, 0.1) is 5.41 Å². The normalized spacial score (nSPS) is 15.3. The Bertz CT molecular complexity index is 838. The molecular weight excluding hydrogens is 335 g/mol. The van der Waals surface area contributed by atoms with Crippen LogP contribution in [0, 0.1) is 5.82 Å². The van der Waals surface area contributed by atoms with E-state index in [9.17, 15) is 14.3 Å². The van der Waals surface area contributed by atoms with Crippen molar-refractivity contribution < 1.29 is 23.8 Å². The van der Waals surface area contributed by atoms with Gasteiger partial charge in [0.25, 0.3) is 0 Å². The van der Waals surface area contributed by atoms with Crippen LogP contribution in [0.1, 0.15) is 44.4 Å². The summed E-state index contributed by atoms with van der Waals surface area (Å²) in [5.74, 6) is -0.286. The summed E-state index contributed by atoms with van der Waals surface area (Å²) in [6.45, 7) is 7.48. The first-order valence-corrected chi connectivity index (χ1v) is 8.56. The van der Waals surface area contributed by atoms with Crippen LogP contribution in [-0.2, 0) is 23.2 Å². The first-order chi connectivity index (χ1) is 12.1. The minimum Gasteiger partial charge on any atom is -0.489 e. The number of hydrogen-bond donors (Lipinski definition) is 1. The van der Waals surface area contributed by atoms with Gasteiger partial charge < -0.3 is 14.6 Å². The summed E-state index contributed by atoms with van der Waals surface area (Å²) < 4.78 is 25.5. The topological polar surface area (TPSA) is 55.8 Å². The Balaban J connectivity index is 1.75. The third-order valence-electron chi connectivity index (χ3n) is 4.80. The number of rotatable bonds is 5. The third kappa shape index (κ3) is 3.39. The molecule has 1 N–H and O–H groups in total. The molecule has 1 aliphatic rings. The summed E-state index contributed by atoms with van der Waals surface area (Å²) in [5, 5.41) is 9.30. The predicted molar refractivity (Wildman–Crippen MR) is 96.2 cm³/mol. The molecule has 2 aromatic rings. The molecule has 0 fully saturated rings. The first kappa shape index (κ1) is 18.2. The van der Waals surface area contributed by atoms with Gasteiger partial charge >= 0.3 is 5.97 Å². The number of benzene rings is 2. The molecule has 0 bridgehead atoms. The van der Waals surface area contributed by atoms with E-state index in [1.807, 2.05) is 13.8 Å². The van der Waals surface area contributed by atoms with Crippen LogP contribution in [0.3, 0.4) is 0 Å². The number of aliphatic carboxylic acids is 1. The monoisotopic (exact) mass is 358 g/mol. The second kappa shape index (κ2) is 6.31. The van der Waals surface area contributed by atoms with Gasteiger partial charge in [-0.1, -0.05) is 18.2 Å². The molecule has 1 heterocycles. The van der Waals surface area contributed by atoms with Gasteiger partial charge in [0.1, 0.15) is 18.0 Å². The second-order valence-corrected chi connectivity index (χ2v) is 7.80. The minimum absolute atomic E-state index is 0.295. The van der Waals surface area contributed by atoms with Crippen molar-refractivity contribution in [2.24, 2.45) is 0 Å². The van der Waals surface area contributed by atoms with E-state index >= 15 is 0 Å². The summed E-state index contributed by atoms with van der Waals surface area (Å²) in [6, 6.07) is 10.1. The summed E-state index contributed by atoms with van der Waals surface area (Å²) in [5.41, 5.74) is 1.05. The highest BCUT2D eigenvalue weighted by atomic mass is 19.1. The average molecular weight is 358 g/mol. The van der Waals surface area contributed by atoms with E-state index in [-0.39, 0.29) is 5.82 Å². The van der Waals surface area contributed by atoms with Gasteiger partial charge in [0.15, 0.2) is 11.6 Å². The fourth-order valence-corrected chi connectivity index (χ4v) is 3.07. The van der Waals surface area contributed by atoms with E-state index in [0.29, 0.717) is 30.1 Å². The van der Waals surface area contributed by atoms with Gasteiger partial charge in [-0.05, 0) is 57.0 Å². The quantitative estimate of drug-likeness (QED) is 0.856. The highest BCUT2D eigenvalue weighted by Gasteiger charge is 2.34. The molecule has 0 saturated heterocycles. The van der Waals surface area contributed by atoms with Crippen LogP contribution in [-0.4, -0.2) is 16.7 Å². The second-order valence-electron chi connectivity index (χ2n) is 7.80. The van der Waals surface area contributed by atoms with E-state index in [1.54, 1.807) is 44.2 Å². The maximum Gasteiger partial charge on any atom is 0.313 e. The fourth-order valence-electron chi connectivity index (χ4n) is 3.07. The van der Waals surface area contributed by atoms with Crippen LogP contribution < -0.4 is 9.47 Å². The molecule has 2 aromatic carbocycles. The molecule has 0 spiro atoms. The Morgan fingerprint density at radius 2 is 1.88 bits per heavy atom. The largest absolute Gasteiger partial charge is 0.489 e. The zero-order chi connectivity index (χ0) is 19.1. The molecule has 0 radical (unpaired) electrons. The van der Waals surface area contributed by atoms with Gasteiger partial charge in [0, 0.05) is 12.0 Å². The highest BCUT2D eigenvalue weighted by molar-refractivity contribution is 5.80. The van der Waals surface area contributed by atoms with Crippen molar-refractivity contribution in [3.63, 3.8) is 0 Å². The van der Waals surface area contributed by atoms with E-state index in [4.69, 9.17) is 9.47 Å². The van der Waals surface area contributed by atoms with Crippen molar-refractivity contribution in [3.05, 3.63) is 58.9 Å². The van der Waals surface area contributed by atoms with E-state index in [1.165, 1.54) is 6.07 Å². The predicted octanol–water partition coefficient (Wildman–Crippen LogP) is 4.48. The van der Waals surface area contributed by atoms with E-state index in [0.717, 1.165) is 11.1 Å². The van der Waals surface area contributed by atoms with E-state index < -0.39 is 17.0 Å². The number of fused-ring (bicyclic) bond motifs is 1. The Hall–Kier alpha value is -2.56. The van der Waals surface area contributed by atoms with Crippen molar-refractivity contribution in [1.82, 2.24) is 0 Å². The summed E-state index contributed by atoms with van der Waals surface area (Å²) >= 11 is 0. The van der Waals surface area contributed by atoms with Crippen LogP contribution in [0.5, 0.6) is 11.5 Å². The summed E-state index contributed by atoms with van der Waals surface area (Å²) in [6.07, 6.45) is 0.629. The van der Waals surface area contributed by atoms with Crippen molar-refractivity contribution in [2.45, 2.75) is 51.7 Å². The number of ether oxygens (including phenoxy) is 2. The molecule has 0 unspecified atom stereocenters. The fraction of sp³-hybridized carbons (Fsp3) is 0.381. The zero-order valence-corrected chi connectivity index (χ0v) is 15.4. The minimum atomic E-state index is -0.959. The van der Waals surface area contributed by atoms with Gasteiger partial charge in [-0.3, -0.25) is 4.79 Å². The Morgan fingerprint density at radius 1 is 1.23 bits per heavy atom. The van der Waals surface area contributed by atoms with Crippen LogP contribution in [0.2, 0.25) is 0 Å². The maximum absolute atomic E-state index is 14.0. The number of hydrogen-bond acceptors (Lipinski definition) is 3. The molecule has 0 aliphatic carbocycles. The van der Waals surface area contributed by atoms with Gasteiger partial charge in [-0.2, -0.15) is 0 Å². The molecule has 0 aromatic heterocycles. The van der Waals surface area contributed by atoms with Crippen LogP contribution in [0.25, 0.3) is 0 Å². The summed E-state index contributed by atoms with van der Waals surface area (Å²) in [4.78, 5) is 11.3. The molecule has 26 heavy (non-hydrogen) atoms. The molecule has 0 amide bonds. The van der Waals surface area contributed by atoms with Crippen molar-refractivity contribution >= 4 is 5.97 Å². The molecule has 4 nitrogen and oxygen atoms in total. The molecule has 138 valence electrons. The van der Waals surface area contributed by atoms with Crippen LogP contribution in [0.15, 0.2) is 36.4 Å². The Labute approximate surface area is 152 Å². The number of carboxylic acids is 1. The van der Waals surface area contributed by atoms with Crippen molar-refractivity contribution in [1.29, 1.82) is 0 Å². The number of halogens is 1. The molecular formula is C21H23FO4. The third-order valence-corrected chi connectivity index (χ3v) is 4.80. The first-order valence-electron chi connectivity index (χ1n) is 8.56. The lowest BCUT2D eigenvalue weighted by atomic mass is 9.85. The molecule has 3 rings (SSSR count). The Kier molecular flexibility index (Phi) is 4.42. The lowest BCUT2D eigenvalue weighted by Crippen LogP contribution is -2.28. The van der Waals surface area contributed by atoms with Gasteiger partial charge in [-0.25, -0.2) is 4.39 Å². The number of carbonyl (C=O) groups is 1. The molecule has 0 saturated carbocycles. The zero-order valence-electron chi connectivity index (χ0n) is 15.4. The highest BCUT2D eigenvalue weighted by Crippen LogP contribution is 2.39. The number of carboxylic acid groups (broad SMARTS) is 1. The SMILES string of the molecule is CC1(C)Cc2c(COc3ccc(C(C)(C)C(=O)O)cc3)ccc(F)c2O1. The summed E-state index contributed by atoms with van der Waals surface area (Å²) in [7, 11) is 0. The van der Waals surface area contributed by atoms with Crippen molar-refractivity contribution in [2.75, 3.05) is 0 Å². The molecule has 5 heteroatoms. The lowest BCUT2D eigenvalue weighted by Gasteiger charge is -2.20. The lowest BCUT2D eigenvalue weighted by molar-refractivity contribution is -0.142. The molecule has 0 atom stereocenters. The smallest absolute Gasteiger partial charge is 0.313 e. The van der Waals surface area contributed by atoms with Gasteiger partial charge in [-0.15, -0.1) is 0 Å². The van der Waals surface area contributed by atoms with Crippen LogP contribution >= 0.6 is 0 Å².